The molecule has 3 aromatic rings. The van der Waals surface area contributed by atoms with Crippen molar-refractivity contribution in [3.8, 4) is 0 Å². The normalized spacial score (nSPS) is 14.4. The summed E-state index contributed by atoms with van der Waals surface area (Å²) in [6.07, 6.45) is 0.514. The second-order valence-corrected chi connectivity index (χ2v) is 9.67. The van der Waals surface area contributed by atoms with Crippen LogP contribution in [0.15, 0.2) is 65.6 Å². The molecule has 1 aliphatic rings. The number of urea groups is 1. The summed E-state index contributed by atoms with van der Waals surface area (Å²) in [6, 6.07) is 12.3. The van der Waals surface area contributed by atoms with E-state index >= 15 is 0 Å². The van der Waals surface area contributed by atoms with Crippen molar-refractivity contribution in [2.45, 2.75) is 24.8 Å². The van der Waals surface area contributed by atoms with E-state index in [9.17, 15) is 26.4 Å². The number of anilines is 2. The molecule has 1 heterocycles. The molecule has 0 atom stereocenters. The zero-order chi connectivity index (χ0) is 24.5. The van der Waals surface area contributed by atoms with E-state index in [1.165, 1.54) is 15.9 Å². The molecule has 0 unspecified atom stereocenters. The van der Waals surface area contributed by atoms with Crippen LogP contribution in [0.3, 0.4) is 0 Å². The first kappa shape index (κ1) is 23.6. The fraction of sp³-hybridized carbons (Fsp3) is 0.208. The zero-order valence-electron chi connectivity index (χ0n) is 18.3. The molecule has 1 fully saturated rings. The maximum atomic E-state index is 14.1. The number of carbonyl (C=O) groups excluding carboxylic acids is 1. The Bertz CT molecular complexity index is 1310. The van der Waals surface area contributed by atoms with Gasteiger partial charge in [-0.1, -0.05) is 12.1 Å². The molecule has 0 aromatic heterocycles. The van der Waals surface area contributed by atoms with Gasteiger partial charge in [0.25, 0.3) is 10.0 Å². The summed E-state index contributed by atoms with van der Waals surface area (Å²) in [4.78, 5) is 15.8. The van der Waals surface area contributed by atoms with E-state index in [1.54, 1.807) is 25.1 Å². The average Bonchev–Trinajstić information content (AvgIpc) is 2.78. The molecule has 0 aliphatic carbocycles. The largest absolute Gasteiger partial charge is 0.324 e. The molecule has 2 amide bonds. The topological polar surface area (TPSA) is 69.7 Å². The van der Waals surface area contributed by atoms with Gasteiger partial charge in [0.05, 0.1) is 22.8 Å². The van der Waals surface area contributed by atoms with E-state index in [4.69, 9.17) is 0 Å². The third-order valence-electron chi connectivity index (χ3n) is 5.53. The van der Waals surface area contributed by atoms with Gasteiger partial charge in [0, 0.05) is 18.7 Å². The Balaban J connectivity index is 1.64. The lowest BCUT2D eigenvalue weighted by Gasteiger charge is -2.36. The fourth-order valence-electron chi connectivity index (χ4n) is 3.81. The third-order valence-corrected chi connectivity index (χ3v) is 6.91. The summed E-state index contributed by atoms with van der Waals surface area (Å²) in [7, 11) is -4.07. The van der Waals surface area contributed by atoms with Crippen LogP contribution in [0.2, 0.25) is 0 Å². The number of amides is 2. The number of carbonyl (C=O) groups is 1. The number of nitrogens with one attached hydrogen (secondary N) is 1. The summed E-state index contributed by atoms with van der Waals surface area (Å²) in [6.45, 7) is 2.11. The van der Waals surface area contributed by atoms with E-state index < -0.39 is 33.5 Å². The number of hydrogen-bond donors (Lipinski definition) is 1. The number of aryl methyl sites for hydroxylation is 1. The van der Waals surface area contributed by atoms with Crippen molar-refractivity contribution >= 4 is 27.4 Å². The Morgan fingerprint density at radius 1 is 0.941 bits per heavy atom. The van der Waals surface area contributed by atoms with Crippen LogP contribution in [0.1, 0.15) is 17.5 Å². The number of nitrogens with zero attached hydrogens (tertiary/aromatic N) is 2. The Morgan fingerprint density at radius 3 is 2.29 bits per heavy atom. The van der Waals surface area contributed by atoms with Gasteiger partial charge in [-0.15, -0.1) is 0 Å². The SMILES string of the molecule is Cc1ccc(N2CCCN(Cc3c(F)cccc3F)C2=O)c(NS(=O)(=O)c2ccc(F)cc2)c1. The van der Waals surface area contributed by atoms with Crippen molar-refractivity contribution in [3.05, 3.63) is 89.2 Å². The Hall–Kier alpha value is -3.53. The molecule has 1 aliphatic heterocycles. The molecule has 0 bridgehead atoms. The van der Waals surface area contributed by atoms with E-state index in [2.05, 4.69) is 4.72 Å². The Morgan fingerprint density at radius 2 is 1.62 bits per heavy atom. The fourth-order valence-corrected chi connectivity index (χ4v) is 4.88. The molecular formula is C24H22F3N3O3S. The van der Waals surface area contributed by atoms with Crippen molar-refractivity contribution in [1.29, 1.82) is 0 Å². The van der Waals surface area contributed by atoms with E-state index in [-0.39, 0.29) is 22.7 Å². The van der Waals surface area contributed by atoms with Crippen LogP contribution >= 0.6 is 0 Å². The molecule has 3 aromatic carbocycles. The smallest absolute Gasteiger partial charge is 0.320 e. The monoisotopic (exact) mass is 489 g/mol. The number of sulfonamides is 1. The van der Waals surface area contributed by atoms with E-state index in [1.807, 2.05) is 0 Å². The molecule has 0 saturated carbocycles. The minimum Gasteiger partial charge on any atom is -0.320 e. The predicted octanol–water partition coefficient (Wildman–Crippen LogP) is 5.05. The first-order valence-electron chi connectivity index (χ1n) is 10.5. The minimum absolute atomic E-state index is 0.136. The van der Waals surface area contributed by atoms with Crippen molar-refractivity contribution in [2.24, 2.45) is 0 Å². The molecule has 10 heteroatoms. The predicted molar refractivity (Wildman–Crippen MR) is 123 cm³/mol. The summed E-state index contributed by atoms with van der Waals surface area (Å²) >= 11 is 0. The quantitative estimate of drug-likeness (QED) is 0.527. The lowest BCUT2D eigenvalue weighted by atomic mass is 10.1. The molecule has 4 rings (SSSR count). The third kappa shape index (κ3) is 4.86. The molecule has 178 valence electrons. The Labute approximate surface area is 195 Å². The van der Waals surface area contributed by atoms with Crippen LogP contribution in [0, 0.1) is 24.4 Å². The van der Waals surface area contributed by atoms with Gasteiger partial charge in [-0.3, -0.25) is 9.62 Å². The van der Waals surface area contributed by atoms with Crippen molar-refractivity contribution in [3.63, 3.8) is 0 Å². The van der Waals surface area contributed by atoms with Gasteiger partial charge in [-0.25, -0.2) is 26.4 Å². The van der Waals surface area contributed by atoms with Crippen molar-refractivity contribution in [1.82, 2.24) is 4.90 Å². The van der Waals surface area contributed by atoms with Crippen LogP contribution in [0.25, 0.3) is 0 Å². The summed E-state index contributed by atoms with van der Waals surface area (Å²) in [5.41, 5.74) is 1.01. The van der Waals surface area contributed by atoms with Crippen molar-refractivity contribution < 1.29 is 26.4 Å². The summed E-state index contributed by atoms with van der Waals surface area (Å²) in [5, 5.41) is 0. The summed E-state index contributed by atoms with van der Waals surface area (Å²) in [5.74, 6) is -2.05. The van der Waals surface area contributed by atoms with Crippen molar-refractivity contribution in [2.75, 3.05) is 22.7 Å². The standard InChI is InChI=1S/C24H22F3N3O3S/c1-16-6-11-23(22(14-16)28-34(32,33)18-9-7-17(25)8-10-18)30-13-3-12-29(24(30)31)15-19-20(26)4-2-5-21(19)27/h2,4-11,14,28H,3,12-13,15H2,1H3. The van der Waals surface area contributed by atoms with E-state index in [0.29, 0.717) is 25.2 Å². The maximum Gasteiger partial charge on any atom is 0.324 e. The van der Waals surface area contributed by atoms with Gasteiger partial charge in [0.1, 0.15) is 17.5 Å². The molecule has 1 N–H and O–H groups in total. The highest BCUT2D eigenvalue weighted by Crippen LogP contribution is 2.32. The summed E-state index contributed by atoms with van der Waals surface area (Å²) < 4.78 is 69.8. The molecule has 0 spiro atoms. The molecular weight excluding hydrogens is 467 g/mol. The number of hydrogen-bond acceptors (Lipinski definition) is 3. The minimum atomic E-state index is -4.07. The second kappa shape index (κ2) is 9.38. The zero-order valence-corrected chi connectivity index (χ0v) is 19.1. The molecule has 1 saturated heterocycles. The average molecular weight is 490 g/mol. The molecule has 0 radical (unpaired) electrons. The van der Waals surface area contributed by atoms with Gasteiger partial charge in [0.15, 0.2) is 0 Å². The number of benzene rings is 3. The van der Waals surface area contributed by atoms with Crippen LogP contribution < -0.4 is 9.62 Å². The molecule has 6 nitrogen and oxygen atoms in total. The first-order chi connectivity index (χ1) is 16.2. The van der Waals surface area contributed by atoms with Crippen LogP contribution in [0.4, 0.5) is 29.3 Å². The van der Waals surface area contributed by atoms with Gasteiger partial charge in [-0.2, -0.15) is 0 Å². The van der Waals surface area contributed by atoms with Gasteiger partial charge >= 0.3 is 6.03 Å². The van der Waals surface area contributed by atoms with E-state index in [0.717, 1.165) is 42.0 Å². The van der Waals surface area contributed by atoms with Gasteiger partial charge in [0.2, 0.25) is 0 Å². The van der Waals surface area contributed by atoms with Gasteiger partial charge in [-0.05, 0) is 67.4 Å². The van der Waals surface area contributed by atoms with Crippen LogP contribution in [-0.4, -0.2) is 32.4 Å². The maximum absolute atomic E-state index is 14.1. The van der Waals surface area contributed by atoms with Gasteiger partial charge < -0.3 is 4.90 Å². The Kier molecular flexibility index (Phi) is 6.52. The highest BCUT2D eigenvalue weighted by atomic mass is 32.2. The number of halogens is 3. The van der Waals surface area contributed by atoms with Crippen LogP contribution in [-0.2, 0) is 16.6 Å². The first-order valence-corrected chi connectivity index (χ1v) is 12.0. The van der Waals surface area contributed by atoms with Crippen LogP contribution in [0.5, 0.6) is 0 Å². The second-order valence-electron chi connectivity index (χ2n) is 7.99. The highest BCUT2D eigenvalue weighted by Gasteiger charge is 2.30. The lowest BCUT2D eigenvalue weighted by molar-refractivity contribution is 0.191. The molecule has 34 heavy (non-hydrogen) atoms. The lowest BCUT2D eigenvalue weighted by Crippen LogP contribution is -2.49. The highest BCUT2D eigenvalue weighted by molar-refractivity contribution is 7.92. The number of rotatable bonds is 6.